The van der Waals surface area contributed by atoms with Crippen molar-refractivity contribution in [2.75, 3.05) is 5.32 Å². The van der Waals surface area contributed by atoms with Crippen molar-refractivity contribution in [1.82, 2.24) is 4.98 Å². The molecular weight excluding hydrogens is 286 g/mol. The highest BCUT2D eigenvalue weighted by atomic mass is 35.6. The Hall–Kier alpha value is -0.550. The second-order valence-corrected chi connectivity index (χ2v) is 5.93. The van der Waals surface area contributed by atoms with E-state index in [1.807, 2.05) is 6.92 Å². The van der Waals surface area contributed by atoms with Crippen LogP contribution in [0.2, 0.25) is 0 Å². The summed E-state index contributed by atoms with van der Waals surface area (Å²) in [5.41, 5.74) is 1.44. The lowest BCUT2D eigenvalue weighted by Crippen LogP contribution is -2.30. The molecule has 0 radical (unpaired) electrons. The van der Waals surface area contributed by atoms with Crippen molar-refractivity contribution < 1.29 is 9.90 Å². The lowest BCUT2D eigenvalue weighted by molar-refractivity contribution is -0.117. The number of nitrogens with zero attached hydrogens (tertiary/aromatic N) is 1. The van der Waals surface area contributed by atoms with Crippen molar-refractivity contribution in [2.45, 2.75) is 23.2 Å². The molecule has 0 fully saturated rings. The Labute approximate surface area is 114 Å². The van der Waals surface area contributed by atoms with Crippen molar-refractivity contribution in [3.05, 3.63) is 24.0 Å². The molecule has 0 saturated heterocycles. The first-order chi connectivity index (χ1) is 7.79. The number of amides is 1. The second kappa shape index (κ2) is 5.87. The Morgan fingerprint density at radius 2 is 2.18 bits per heavy atom. The van der Waals surface area contributed by atoms with E-state index in [-0.39, 0.29) is 6.42 Å². The molecule has 4 nitrogen and oxygen atoms in total. The lowest BCUT2D eigenvalue weighted by atomic mass is 10.2. The third kappa shape index (κ3) is 5.08. The molecule has 0 aliphatic rings. The van der Waals surface area contributed by atoms with Gasteiger partial charge in [0.25, 0.3) is 0 Å². The maximum absolute atomic E-state index is 11.5. The molecular formula is C10H11Cl3N2O2. The van der Waals surface area contributed by atoms with Gasteiger partial charge in [-0.05, 0) is 18.6 Å². The Morgan fingerprint density at radius 1 is 1.53 bits per heavy atom. The van der Waals surface area contributed by atoms with E-state index in [9.17, 15) is 9.90 Å². The van der Waals surface area contributed by atoms with Crippen molar-refractivity contribution in [1.29, 1.82) is 0 Å². The topological polar surface area (TPSA) is 62.2 Å². The second-order valence-electron chi connectivity index (χ2n) is 3.56. The van der Waals surface area contributed by atoms with Crippen LogP contribution in [0.1, 0.15) is 12.0 Å². The molecule has 1 aromatic heterocycles. The number of alkyl halides is 3. The van der Waals surface area contributed by atoms with E-state index in [0.717, 1.165) is 5.56 Å². The fraction of sp³-hybridized carbons (Fsp3) is 0.400. The van der Waals surface area contributed by atoms with Crippen molar-refractivity contribution >= 4 is 46.4 Å². The number of halogens is 3. The number of pyridine rings is 1. The fourth-order valence-corrected chi connectivity index (χ4v) is 1.36. The third-order valence-corrected chi connectivity index (χ3v) is 2.67. The first-order valence-corrected chi connectivity index (χ1v) is 5.88. The number of aliphatic hydroxyl groups excluding tert-OH is 1. The highest BCUT2D eigenvalue weighted by molar-refractivity contribution is 6.68. The molecule has 1 amide bonds. The summed E-state index contributed by atoms with van der Waals surface area (Å²) in [5.74, 6) is -0.448. The zero-order valence-corrected chi connectivity index (χ0v) is 11.2. The highest BCUT2D eigenvalue weighted by Crippen LogP contribution is 2.31. The smallest absolute Gasteiger partial charge is 0.227 e. The summed E-state index contributed by atoms with van der Waals surface area (Å²) in [6.45, 7) is 1.85. The predicted molar refractivity (Wildman–Crippen MR) is 68.5 cm³/mol. The van der Waals surface area contributed by atoms with Gasteiger partial charge in [-0.25, -0.2) is 0 Å². The first kappa shape index (κ1) is 14.5. The minimum atomic E-state index is -1.87. The Morgan fingerprint density at radius 3 is 2.71 bits per heavy atom. The molecule has 17 heavy (non-hydrogen) atoms. The molecule has 7 heteroatoms. The van der Waals surface area contributed by atoms with Crippen LogP contribution < -0.4 is 5.32 Å². The molecule has 0 bridgehead atoms. The minimum absolute atomic E-state index is 0.301. The fourth-order valence-electron chi connectivity index (χ4n) is 1.13. The number of rotatable bonds is 3. The van der Waals surface area contributed by atoms with E-state index in [1.165, 1.54) is 6.20 Å². The Bertz CT molecular complexity index is 407. The summed E-state index contributed by atoms with van der Waals surface area (Å²) in [5, 5.41) is 12.0. The van der Waals surface area contributed by atoms with Crippen LogP contribution in [0, 0.1) is 6.92 Å². The summed E-state index contributed by atoms with van der Waals surface area (Å²) >= 11 is 16.3. The molecule has 0 spiro atoms. The summed E-state index contributed by atoms with van der Waals surface area (Å²) in [7, 11) is 0. The maximum Gasteiger partial charge on any atom is 0.227 e. The third-order valence-electron chi connectivity index (χ3n) is 1.92. The number of hydrogen-bond donors (Lipinski definition) is 2. The quantitative estimate of drug-likeness (QED) is 0.842. The average Bonchev–Trinajstić information content (AvgIpc) is 2.15. The molecule has 1 heterocycles. The molecule has 1 aromatic rings. The van der Waals surface area contributed by atoms with Gasteiger partial charge in [-0.2, -0.15) is 0 Å². The van der Waals surface area contributed by atoms with Crippen molar-refractivity contribution in [3.63, 3.8) is 0 Å². The van der Waals surface area contributed by atoms with Gasteiger partial charge in [-0.3, -0.25) is 9.78 Å². The molecule has 0 aromatic carbocycles. The SMILES string of the molecule is Cc1cncc(NC(=O)C[C@@H](O)C(Cl)(Cl)Cl)c1. The summed E-state index contributed by atoms with van der Waals surface area (Å²) in [6, 6.07) is 1.74. The molecule has 2 N–H and O–H groups in total. The van der Waals surface area contributed by atoms with E-state index >= 15 is 0 Å². The van der Waals surface area contributed by atoms with E-state index in [4.69, 9.17) is 34.8 Å². The highest BCUT2D eigenvalue weighted by Gasteiger charge is 2.32. The van der Waals surface area contributed by atoms with Crippen LogP contribution in [-0.2, 0) is 4.79 Å². The van der Waals surface area contributed by atoms with Crippen LogP contribution in [0.25, 0.3) is 0 Å². The van der Waals surface area contributed by atoms with E-state index in [0.29, 0.717) is 5.69 Å². The van der Waals surface area contributed by atoms with Gasteiger partial charge in [0, 0.05) is 6.20 Å². The van der Waals surface area contributed by atoms with Gasteiger partial charge >= 0.3 is 0 Å². The maximum atomic E-state index is 11.5. The van der Waals surface area contributed by atoms with Gasteiger partial charge in [0.1, 0.15) is 6.10 Å². The van der Waals surface area contributed by atoms with Gasteiger partial charge in [-0.15, -0.1) is 0 Å². The number of aliphatic hydroxyl groups is 1. The van der Waals surface area contributed by atoms with Crippen LogP contribution in [0.5, 0.6) is 0 Å². The predicted octanol–water partition coefficient (Wildman–Crippen LogP) is 2.45. The van der Waals surface area contributed by atoms with Crippen molar-refractivity contribution in [3.8, 4) is 0 Å². The molecule has 0 aliphatic heterocycles. The number of aryl methyl sites for hydroxylation is 1. The minimum Gasteiger partial charge on any atom is -0.388 e. The van der Waals surface area contributed by atoms with Gasteiger partial charge in [0.05, 0.1) is 18.3 Å². The van der Waals surface area contributed by atoms with Crippen LogP contribution in [0.3, 0.4) is 0 Å². The normalized spacial score (nSPS) is 13.2. The van der Waals surface area contributed by atoms with E-state index in [1.54, 1.807) is 12.3 Å². The first-order valence-electron chi connectivity index (χ1n) is 4.75. The monoisotopic (exact) mass is 296 g/mol. The molecule has 0 aliphatic carbocycles. The zero-order valence-electron chi connectivity index (χ0n) is 8.95. The average molecular weight is 298 g/mol. The number of carbonyl (C=O) groups excluding carboxylic acids is 1. The standard InChI is InChI=1S/C10H11Cl3N2O2/c1-6-2-7(5-14-4-6)15-9(17)3-8(16)10(11,12)13/h2,4-5,8,16H,3H2,1H3,(H,15,17)/t8-/m1/s1. The number of hydrogen-bond acceptors (Lipinski definition) is 3. The largest absolute Gasteiger partial charge is 0.388 e. The Kier molecular flexibility index (Phi) is 5.01. The van der Waals surface area contributed by atoms with Gasteiger partial charge in [-0.1, -0.05) is 34.8 Å². The van der Waals surface area contributed by atoms with E-state index < -0.39 is 15.8 Å². The number of anilines is 1. The van der Waals surface area contributed by atoms with Gasteiger partial charge in [0.15, 0.2) is 0 Å². The Balaban J connectivity index is 2.56. The van der Waals surface area contributed by atoms with Crippen LogP contribution >= 0.6 is 34.8 Å². The van der Waals surface area contributed by atoms with Gasteiger partial charge < -0.3 is 10.4 Å². The van der Waals surface area contributed by atoms with E-state index in [2.05, 4.69) is 10.3 Å². The molecule has 1 rings (SSSR count). The number of carbonyl (C=O) groups is 1. The number of aromatic nitrogens is 1. The number of nitrogens with one attached hydrogen (secondary N) is 1. The van der Waals surface area contributed by atoms with Crippen LogP contribution in [0.4, 0.5) is 5.69 Å². The summed E-state index contributed by atoms with van der Waals surface area (Å²) in [4.78, 5) is 15.4. The zero-order chi connectivity index (χ0) is 13.1. The molecule has 0 saturated carbocycles. The van der Waals surface area contributed by atoms with Gasteiger partial charge in [0.2, 0.25) is 9.70 Å². The van der Waals surface area contributed by atoms with Crippen LogP contribution in [0.15, 0.2) is 18.5 Å². The summed E-state index contributed by atoms with van der Waals surface area (Å²) < 4.78 is -1.87. The van der Waals surface area contributed by atoms with Crippen LogP contribution in [-0.4, -0.2) is 25.9 Å². The molecule has 94 valence electrons. The van der Waals surface area contributed by atoms with Crippen molar-refractivity contribution in [2.24, 2.45) is 0 Å². The summed E-state index contributed by atoms with van der Waals surface area (Å²) in [6.07, 6.45) is 1.49. The molecule has 0 unspecified atom stereocenters. The lowest BCUT2D eigenvalue weighted by Gasteiger charge is -2.18. The molecule has 1 atom stereocenters.